The van der Waals surface area contributed by atoms with Gasteiger partial charge in [0.25, 0.3) is 0 Å². The molecule has 0 saturated heterocycles. The van der Waals surface area contributed by atoms with E-state index < -0.39 is 0 Å². The van der Waals surface area contributed by atoms with Crippen LogP contribution >= 0.6 is 15.9 Å². The van der Waals surface area contributed by atoms with Gasteiger partial charge in [0, 0.05) is 19.2 Å². The van der Waals surface area contributed by atoms with Gasteiger partial charge in [-0.3, -0.25) is 0 Å². The number of ether oxygens (including phenoxy) is 1. The van der Waals surface area contributed by atoms with Crippen LogP contribution in [0.25, 0.3) is 0 Å². The molecule has 4 heteroatoms. The molecule has 0 bridgehead atoms. The molecule has 1 aliphatic rings. The molecular weight excluding hydrogens is 297 g/mol. The van der Waals surface area contributed by atoms with E-state index in [9.17, 15) is 4.39 Å². The monoisotopic (exact) mass is 315 g/mol. The first-order valence-corrected chi connectivity index (χ1v) is 7.22. The fourth-order valence-electron chi connectivity index (χ4n) is 1.78. The smallest absolute Gasteiger partial charge is 0.137 e. The summed E-state index contributed by atoms with van der Waals surface area (Å²) in [5, 5.41) is 3.37. The van der Waals surface area contributed by atoms with E-state index in [-0.39, 0.29) is 11.9 Å². The molecule has 0 radical (unpaired) electrons. The normalized spacial score (nSPS) is 16.8. The predicted octanol–water partition coefficient (Wildman–Crippen LogP) is 3.67. The summed E-state index contributed by atoms with van der Waals surface area (Å²) in [5.74, 6) is 0.592. The molecule has 1 unspecified atom stereocenters. The van der Waals surface area contributed by atoms with Crippen LogP contribution < -0.4 is 5.32 Å². The maximum absolute atomic E-state index is 13.1. The van der Waals surface area contributed by atoms with Crippen molar-refractivity contribution >= 4 is 15.9 Å². The van der Waals surface area contributed by atoms with Gasteiger partial charge >= 0.3 is 0 Å². The molecule has 0 aromatic heterocycles. The van der Waals surface area contributed by atoms with Crippen LogP contribution in [0, 0.1) is 11.7 Å². The van der Waals surface area contributed by atoms with Gasteiger partial charge in [-0.2, -0.15) is 0 Å². The summed E-state index contributed by atoms with van der Waals surface area (Å²) in [6, 6.07) is 5.31. The first kappa shape index (κ1) is 14.0. The fraction of sp³-hybridized carbons (Fsp3) is 0.571. The van der Waals surface area contributed by atoms with Crippen LogP contribution in [-0.4, -0.2) is 19.8 Å². The predicted molar refractivity (Wildman–Crippen MR) is 74.1 cm³/mol. The third kappa shape index (κ3) is 4.34. The van der Waals surface area contributed by atoms with E-state index in [4.69, 9.17) is 4.74 Å². The summed E-state index contributed by atoms with van der Waals surface area (Å²) in [6.45, 7) is 4.53. The van der Waals surface area contributed by atoms with E-state index in [2.05, 4.69) is 28.2 Å². The Kier molecular flexibility index (Phi) is 5.15. The van der Waals surface area contributed by atoms with Crippen LogP contribution in [0.5, 0.6) is 0 Å². The number of rotatable bonds is 7. The molecule has 1 saturated carbocycles. The second kappa shape index (κ2) is 6.64. The molecule has 1 aliphatic carbocycles. The van der Waals surface area contributed by atoms with E-state index in [0.717, 1.165) is 31.2 Å². The highest BCUT2D eigenvalue weighted by Crippen LogP contribution is 2.28. The highest BCUT2D eigenvalue weighted by atomic mass is 79.9. The molecule has 0 amide bonds. The Bertz CT molecular complexity index is 395. The van der Waals surface area contributed by atoms with Gasteiger partial charge in [-0.15, -0.1) is 0 Å². The summed E-state index contributed by atoms with van der Waals surface area (Å²) in [4.78, 5) is 0. The summed E-state index contributed by atoms with van der Waals surface area (Å²) in [5.41, 5.74) is 1.07. The topological polar surface area (TPSA) is 21.3 Å². The van der Waals surface area contributed by atoms with Gasteiger partial charge in [0.15, 0.2) is 0 Å². The van der Waals surface area contributed by atoms with Gasteiger partial charge in [-0.1, -0.05) is 6.07 Å². The first-order valence-electron chi connectivity index (χ1n) is 6.43. The van der Waals surface area contributed by atoms with Gasteiger partial charge in [0.1, 0.15) is 5.82 Å². The summed E-state index contributed by atoms with van der Waals surface area (Å²) in [7, 11) is 0. The lowest BCUT2D eigenvalue weighted by atomic mass is 10.1. The summed E-state index contributed by atoms with van der Waals surface area (Å²) in [6.07, 6.45) is 2.65. The van der Waals surface area contributed by atoms with E-state index in [1.807, 2.05) is 12.1 Å². The number of hydrogen-bond donors (Lipinski definition) is 1. The molecular formula is C14H19BrFNO. The minimum atomic E-state index is -0.223. The molecule has 2 rings (SSSR count). The van der Waals surface area contributed by atoms with Crippen molar-refractivity contribution in [2.45, 2.75) is 25.8 Å². The Balaban J connectivity index is 1.69. The fourth-order valence-corrected chi connectivity index (χ4v) is 2.18. The van der Waals surface area contributed by atoms with Crippen LogP contribution in [0.15, 0.2) is 22.7 Å². The van der Waals surface area contributed by atoms with Crippen molar-refractivity contribution in [2.24, 2.45) is 5.92 Å². The van der Waals surface area contributed by atoms with Crippen molar-refractivity contribution in [1.29, 1.82) is 0 Å². The molecule has 2 nitrogen and oxygen atoms in total. The summed E-state index contributed by atoms with van der Waals surface area (Å²) >= 11 is 3.20. The van der Waals surface area contributed by atoms with Crippen molar-refractivity contribution in [3.05, 3.63) is 34.1 Å². The van der Waals surface area contributed by atoms with Crippen molar-refractivity contribution in [2.75, 3.05) is 19.8 Å². The Labute approximate surface area is 116 Å². The maximum Gasteiger partial charge on any atom is 0.137 e. The lowest BCUT2D eigenvalue weighted by molar-refractivity contribution is 0.124. The minimum absolute atomic E-state index is 0.200. The molecule has 1 aromatic carbocycles. The molecule has 100 valence electrons. The third-order valence-corrected chi connectivity index (χ3v) is 3.80. The van der Waals surface area contributed by atoms with Crippen LogP contribution in [-0.2, 0) is 4.74 Å². The zero-order valence-corrected chi connectivity index (χ0v) is 12.2. The van der Waals surface area contributed by atoms with Gasteiger partial charge in [-0.25, -0.2) is 4.39 Å². The van der Waals surface area contributed by atoms with E-state index in [1.165, 1.54) is 18.9 Å². The molecule has 0 aliphatic heterocycles. The maximum atomic E-state index is 13.1. The molecule has 0 heterocycles. The van der Waals surface area contributed by atoms with Crippen molar-refractivity contribution in [3.63, 3.8) is 0 Å². The zero-order valence-electron chi connectivity index (χ0n) is 10.6. The van der Waals surface area contributed by atoms with E-state index >= 15 is 0 Å². The average Bonchev–Trinajstić information content (AvgIpc) is 3.16. The van der Waals surface area contributed by atoms with Crippen LogP contribution in [0.1, 0.15) is 31.4 Å². The number of benzene rings is 1. The van der Waals surface area contributed by atoms with Gasteiger partial charge in [0.2, 0.25) is 0 Å². The SMILES string of the molecule is CC(NCCOCC1CC1)c1ccc(F)c(Br)c1. The molecule has 1 atom stereocenters. The van der Waals surface area contributed by atoms with Gasteiger partial charge in [0.05, 0.1) is 11.1 Å². The number of hydrogen-bond acceptors (Lipinski definition) is 2. The Morgan fingerprint density at radius 2 is 2.28 bits per heavy atom. The first-order chi connectivity index (χ1) is 8.66. The second-order valence-electron chi connectivity index (χ2n) is 4.87. The number of halogens is 2. The summed E-state index contributed by atoms with van der Waals surface area (Å²) < 4.78 is 19.2. The number of nitrogens with one attached hydrogen (secondary N) is 1. The quantitative estimate of drug-likeness (QED) is 0.775. The van der Waals surface area contributed by atoms with Crippen molar-refractivity contribution in [3.8, 4) is 0 Å². The lowest BCUT2D eigenvalue weighted by Gasteiger charge is -2.14. The highest BCUT2D eigenvalue weighted by Gasteiger charge is 2.20. The van der Waals surface area contributed by atoms with Crippen LogP contribution in [0.2, 0.25) is 0 Å². The van der Waals surface area contributed by atoms with Crippen LogP contribution in [0.4, 0.5) is 4.39 Å². The minimum Gasteiger partial charge on any atom is -0.380 e. The standard InChI is InChI=1S/C14H19BrFNO/c1-10(12-4-5-14(16)13(15)8-12)17-6-7-18-9-11-2-3-11/h4-5,8,10-11,17H,2-3,6-7,9H2,1H3. The highest BCUT2D eigenvalue weighted by molar-refractivity contribution is 9.10. The lowest BCUT2D eigenvalue weighted by Crippen LogP contribution is -2.23. The van der Waals surface area contributed by atoms with E-state index in [0.29, 0.717) is 4.47 Å². The van der Waals surface area contributed by atoms with Gasteiger partial charge in [-0.05, 0) is 59.3 Å². The van der Waals surface area contributed by atoms with E-state index in [1.54, 1.807) is 0 Å². The Hall–Kier alpha value is -0.450. The second-order valence-corrected chi connectivity index (χ2v) is 5.72. The van der Waals surface area contributed by atoms with Gasteiger partial charge < -0.3 is 10.1 Å². The largest absolute Gasteiger partial charge is 0.380 e. The Morgan fingerprint density at radius 1 is 1.50 bits per heavy atom. The van der Waals surface area contributed by atoms with Crippen LogP contribution in [0.3, 0.4) is 0 Å². The van der Waals surface area contributed by atoms with Crippen molar-refractivity contribution < 1.29 is 9.13 Å². The molecule has 1 fully saturated rings. The third-order valence-electron chi connectivity index (χ3n) is 3.19. The molecule has 1 N–H and O–H groups in total. The zero-order chi connectivity index (χ0) is 13.0. The molecule has 18 heavy (non-hydrogen) atoms. The van der Waals surface area contributed by atoms with Crippen molar-refractivity contribution in [1.82, 2.24) is 5.32 Å². The molecule has 0 spiro atoms. The Morgan fingerprint density at radius 3 is 2.94 bits per heavy atom. The molecule has 1 aromatic rings. The average molecular weight is 316 g/mol.